The van der Waals surface area contributed by atoms with Gasteiger partial charge in [-0.1, -0.05) is 18.2 Å². The fraction of sp³-hybridized carbons (Fsp3) is 0.235. The van der Waals surface area contributed by atoms with Gasteiger partial charge < -0.3 is 9.47 Å². The molecule has 0 aromatic heterocycles. The van der Waals surface area contributed by atoms with Crippen molar-refractivity contribution in [3.05, 3.63) is 53.6 Å². The summed E-state index contributed by atoms with van der Waals surface area (Å²) < 4.78 is 11.2. The van der Waals surface area contributed by atoms with E-state index in [0.29, 0.717) is 28.9 Å². The van der Waals surface area contributed by atoms with Crippen LogP contribution in [0.5, 0.6) is 11.5 Å². The lowest BCUT2D eigenvalue weighted by atomic mass is 10.1. The van der Waals surface area contributed by atoms with E-state index in [4.69, 9.17) is 9.47 Å². The van der Waals surface area contributed by atoms with Gasteiger partial charge in [-0.15, -0.1) is 11.8 Å². The number of hydrogen-bond acceptors (Lipinski definition) is 4. The second-order valence-corrected chi connectivity index (χ2v) is 6.23. The van der Waals surface area contributed by atoms with E-state index in [9.17, 15) is 4.79 Å². The molecule has 0 aliphatic carbocycles. The monoisotopic (exact) mass is 300 g/mol. The molecule has 3 nitrogen and oxygen atoms in total. The van der Waals surface area contributed by atoms with Crippen molar-refractivity contribution in [2.24, 2.45) is 0 Å². The average Bonchev–Trinajstić information content (AvgIpc) is 2.95. The Hall–Kier alpha value is -1.94. The number of carbonyl (C=O) groups is 1. The van der Waals surface area contributed by atoms with Crippen molar-refractivity contribution in [3.8, 4) is 11.5 Å². The number of methoxy groups -OCH3 is 1. The molecule has 0 saturated carbocycles. The molecule has 1 unspecified atom stereocenters. The lowest BCUT2D eigenvalue weighted by Gasteiger charge is -2.14. The number of aldehydes is 1. The van der Waals surface area contributed by atoms with Gasteiger partial charge in [0.05, 0.1) is 7.11 Å². The van der Waals surface area contributed by atoms with Crippen LogP contribution < -0.4 is 9.47 Å². The molecule has 3 rings (SSSR count). The predicted molar refractivity (Wildman–Crippen MR) is 83.7 cm³/mol. The van der Waals surface area contributed by atoms with Crippen LogP contribution in [0.2, 0.25) is 0 Å². The van der Waals surface area contributed by atoms with E-state index in [1.807, 2.05) is 11.8 Å². The topological polar surface area (TPSA) is 35.5 Å². The van der Waals surface area contributed by atoms with Gasteiger partial charge in [0, 0.05) is 15.7 Å². The SMILES string of the molecule is COc1ccc(C=O)cc1OCC1Cc2ccccc2S1. The summed E-state index contributed by atoms with van der Waals surface area (Å²) in [6.45, 7) is 0.595. The van der Waals surface area contributed by atoms with Crippen LogP contribution in [0.3, 0.4) is 0 Å². The van der Waals surface area contributed by atoms with Crippen LogP contribution >= 0.6 is 11.8 Å². The second kappa shape index (κ2) is 6.22. The molecule has 1 aliphatic heterocycles. The number of ether oxygens (including phenoxy) is 2. The van der Waals surface area contributed by atoms with Gasteiger partial charge in [-0.2, -0.15) is 0 Å². The van der Waals surface area contributed by atoms with E-state index >= 15 is 0 Å². The molecule has 2 aromatic carbocycles. The zero-order valence-electron chi connectivity index (χ0n) is 11.7. The molecule has 108 valence electrons. The second-order valence-electron chi connectivity index (χ2n) is 4.89. The Kier molecular flexibility index (Phi) is 4.15. The first kappa shape index (κ1) is 14.0. The maximum Gasteiger partial charge on any atom is 0.161 e. The molecule has 0 radical (unpaired) electrons. The van der Waals surface area contributed by atoms with Crippen molar-refractivity contribution < 1.29 is 14.3 Å². The first-order valence-electron chi connectivity index (χ1n) is 6.80. The Labute approximate surface area is 128 Å². The highest BCUT2D eigenvalue weighted by Crippen LogP contribution is 2.37. The van der Waals surface area contributed by atoms with Gasteiger partial charge in [-0.05, 0) is 36.2 Å². The van der Waals surface area contributed by atoms with Crippen LogP contribution in [-0.2, 0) is 6.42 Å². The van der Waals surface area contributed by atoms with Crippen molar-refractivity contribution in [1.29, 1.82) is 0 Å². The summed E-state index contributed by atoms with van der Waals surface area (Å²) in [4.78, 5) is 12.2. The molecule has 0 N–H and O–H groups in total. The van der Waals surface area contributed by atoms with Crippen LogP contribution in [0.1, 0.15) is 15.9 Å². The van der Waals surface area contributed by atoms with Crippen molar-refractivity contribution in [1.82, 2.24) is 0 Å². The van der Waals surface area contributed by atoms with Crippen LogP contribution in [0, 0.1) is 0 Å². The van der Waals surface area contributed by atoms with E-state index < -0.39 is 0 Å². The van der Waals surface area contributed by atoms with E-state index in [2.05, 4.69) is 24.3 Å². The molecule has 21 heavy (non-hydrogen) atoms. The van der Waals surface area contributed by atoms with E-state index in [0.717, 1.165) is 12.7 Å². The molecule has 1 atom stereocenters. The first-order chi connectivity index (χ1) is 10.3. The van der Waals surface area contributed by atoms with E-state index in [1.54, 1.807) is 25.3 Å². The Morgan fingerprint density at radius 3 is 2.86 bits per heavy atom. The highest BCUT2D eigenvalue weighted by atomic mass is 32.2. The third-order valence-electron chi connectivity index (χ3n) is 3.46. The number of carbonyl (C=O) groups excluding carboxylic acids is 1. The summed E-state index contributed by atoms with van der Waals surface area (Å²) in [7, 11) is 1.60. The fourth-order valence-corrected chi connectivity index (χ4v) is 3.63. The molecular formula is C17H16O3S. The van der Waals surface area contributed by atoms with Gasteiger partial charge in [0.2, 0.25) is 0 Å². The molecule has 0 amide bonds. The summed E-state index contributed by atoms with van der Waals surface area (Å²) in [5, 5.41) is 0.395. The Balaban J connectivity index is 1.67. The largest absolute Gasteiger partial charge is 0.493 e. The van der Waals surface area contributed by atoms with Crippen LogP contribution in [0.4, 0.5) is 0 Å². The smallest absolute Gasteiger partial charge is 0.161 e. The third kappa shape index (κ3) is 3.05. The van der Waals surface area contributed by atoms with Crippen LogP contribution in [0.25, 0.3) is 0 Å². The minimum atomic E-state index is 0.395. The molecule has 0 spiro atoms. The molecule has 2 aromatic rings. The van der Waals surface area contributed by atoms with Gasteiger partial charge >= 0.3 is 0 Å². The molecule has 0 fully saturated rings. The third-order valence-corrected chi connectivity index (χ3v) is 4.75. The van der Waals surface area contributed by atoms with Gasteiger partial charge in [0.1, 0.15) is 12.9 Å². The Bertz CT molecular complexity index is 629. The van der Waals surface area contributed by atoms with E-state index in [-0.39, 0.29) is 0 Å². The van der Waals surface area contributed by atoms with Crippen molar-refractivity contribution in [3.63, 3.8) is 0 Å². The summed E-state index contributed by atoms with van der Waals surface area (Å²) in [6, 6.07) is 13.6. The van der Waals surface area contributed by atoms with Gasteiger partial charge in [-0.25, -0.2) is 0 Å². The zero-order chi connectivity index (χ0) is 14.7. The Morgan fingerprint density at radius 1 is 1.24 bits per heavy atom. The zero-order valence-corrected chi connectivity index (χ0v) is 12.6. The molecule has 0 saturated heterocycles. The van der Waals surface area contributed by atoms with Crippen molar-refractivity contribution in [2.75, 3.05) is 13.7 Å². The van der Waals surface area contributed by atoms with Crippen molar-refractivity contribution >= 4 is 18.0 Å². The quantitative estimate of drug-likeness (QED) is 0.790. The number of rotatable bonds is 5. The molecule has 1 aliphatic rings. The maximum absolute atomic E-state index is 10.9. The van der Waals surface area contributed by atoms with Gasteiger partial charge in [-0.3, -0.25) is 4.79 Å². The van der Waals surface area contributed by atoms with Crippen LogP contribution in [-0.4, -0.2) is 25.3 Å². The fourth-order valence-electron chi connectivity index (χ4n) is 2.41. The average molecular weight is 300 g/mol. The maximum atomic E-state index is 10.9. The standard InChI is InChI=1S/C17H16O3S/c1-19-15-7-6-12(10-18)8-16(15)20-11-14-9-13-4-2-3-5-17(13)21-14/h2-8,10,14H,9,11H2,1H3. The van der Waals surface area contributed by atoms with Crippen molar-refractivity contribution in [2.45, 2.75) is 16.6 Å². The number of fused-ring (bicyclic) bond motifs is 1. The number of benzene rings is 2. The molecular weight excluding hydrogens is 284 g/mol. The van der Waals surface area contributed by atoms with Crippen LogP contribution in [0.15, 0.2) is 47.4 Å². The minimum Gasteiger partial charge on any atom is -0.493 e. The summed E-state index contributed by atoms with van der Waals surface area (Å²) in [5.41, 5.74) is 1.97. The highest BCUT2D eigenvalue weighted by molar-refractivity contribution is 8.00. The summed E-state index contributed by atoms with van der Waals surface area (Å²) >= 11 is 1.84. The van der Waals surface area contributed by atoms with E-state index in [1.165, 1.54) is 10.5 Å². The minimum absolute atomic E-state index is 0.395. The predicted octanol–water partition coefficient (Wildman–Crippen LogP) is 3.60. The lowest BCUT2D eigenvalue weighted by Crippen LogP contribution is -2.14. The highest BCUT2D eigenvalue weighted by Gasteiger charge is 2.22. The lowest BCUT2D eigenvalue weighted by molar-refractivity contribution is 0.112. The van der Waals surface area contributed by atoms with Gasteiger partial charge in [0.15, 0.2) is 11.5 Å². The molecule has 0 bridgehead atoms. The molecule has 1 heterocycles. The number of hydrogen-bond donors (Lipinski definition) is 0. The van der Waals surface area contributed by atoms with Gasteiger partial charge in [0.25, 0.3) is 0 Å². The summed E-state index contributed by atoms with van der Waals surface area (Å²) in [5.74, 6) is 1.28. The number of thioether (sulfide) groups is 1. The first-order valence-corrected chi connectivity index (χ1v) is 7.68. The summed E-state index contributed by atoms with van der Waals surface area (Å²) in [6.07, 6.45) is 1.82. The Morgan fingerprint density at radius 2 is 2.10 bits per heavy atom. The molecule has 4 heteroatoms. The normalized spacial score (nSPS) is 16.3.